The Morgan fingerprint density at radius 3 is 2.57 bits per heavy atom. The van der Waals surface area contributed by atoms with E-state index in [9.17, 15) is 18.0 Å². The third kappa shape index (κ3) is 3.99. The highest BCUT2D eigenvalue weighted by molar-refractivity contribution is 5.75. The molecule has 0 amide bonds. The van der Waals surface area contributed by atoms with Gasteiger partial charge in [0.1, 0.15) is 5.75 Å². The summed E-state index contributed by atoms with van der Waals surface area (Å²) in [5.41, 5.74) is 1.86. The Bertz CT molecular complexity index is 523. The summed E-state index contributed by atoms with van der Waals surface area (Å²) in [5.74, 6) is -2.16. The molecule has 0 bridgehead atoms. The number of hydrogen-bond donors (Lipinski definition) is 0. The topological polar surface area (TPSA) is 26.3 Å². The standard InChI is InChI=1S/C16H19F3O2/c1-10-6-7-14(11(2)8-10)21-15(20)12-4-3-5-13(9-12)16(17,18)19/h6-8,12-13H,3-5,9H2,1-2H3. The van der Waals surface area contributed by atoms with Crippen LogP contribution in [0, 0.1) is 25.7 Å². The quantitative estimate of drug-likeness (QED) is 0.590. The molecule has 0 aliphatic heterocycles. The summed E-state index contributed by atoms with van der Waals surface area (Å²) in [6.07, 6.45) is -3.39. The number of hydrogen-bond acceptors (Lipinski definition) is 2. The summed E-state index contributed by atoms with van der Waals surface area (Å²) in [4.78, 5) is 12.1. The molecule has 2 atom stereocenters. The zero-order chi connectivity index (χ0) is 15.6. The van der Waals surface area contributed by atoms with Crippen LogP contribution in [0.15, 0.2) is 18.2 Å². The Kier molecular flexibility index (Phi) is 4.59. The van der Waals surface area contributed by atoms with Crippen LogP contribution in [0.4, 0.5) is 13.2 Å². The number of alkyl halides is 3. The molecule has 1 aromatic carbocycles. The van der Waals surface area contributed by atoms with E-state index < -0.39 is 24.0 Å². The first-order valence-corrected chi connectivity index (χ1v) is 7.13. The summed E-state index contributed by atoms with van der Waals surface area (Å²) < 4.78 is 43.6. The molecule has 5 heteroatoms. The first kappa shape index (κ1) is 15.9. The van der Waals surface area contributed by atoms with Gasteiger partial charge in [0.15, 0.2) is 0 Å². The predicted molar refractivity (Wildman–Crippen MR) is 73.1 cm³/mol. The van der Waals surface area contributed by atoms with Gasteiger partial charge in [-0.3, -0.25) is 4.79 Å². The van der Waals surface area contributed by atoms with Crippen molar-refractivity contribution in [2.45, 2.75) is 45.7 Å². The van der Waals surface area contributed by atoms with Gasteiger partial charge in [-0.2, -0.15) is 13.2 Å². The molecule has 2 unspecified atom stereocenters. The van der Waals surface area contributed by atoms with Crippen molar-refractivity contribution in [1.29, 1.82) is 0 Å². The molecule has 1 aliphatic rings. The maximum absolute atomic E-state index is 12.8. The van der Waals surface area contributed by atoms with Gasteiger partial charge in [0.2, 0.25) is 0 Å². The van der Waals surface area contributed by atoms with Crippen LogP contribution in [-0.4, -0.2) is 12.1 Å². The lowest BCUT2D eigenvalue weighted by Gasteiger charge is -2.29. The van der Waals surface area contributed by atoms with E-state index in [4.69, 9.17) is 4.74 Å². The molecule has 0 saturated heterocycles. The average Bonchev–Trinajstić information content (AvgIpc) is 2.41. The molecule has 0 radical (unpaired) electrons. The first-order chi connectivity index (χ1) is 9.77. The molecule has 116 valence electrons. The van der Waals surface area contributed by atoms with Crippen molar-refractivity contribution in [3.8, 4) is 5.75 Å². The molecule has 0 aromatic heterocycles. The number of rotatable bonds is 2. The van der Waals surface area contributed by atoms with E-state index in [-0.39, 0.29) is 12.8 Å². The maximum Gasteiger partial charge on any atom is 0.391 e. The zero-order valence-corrected chi connectivity index (χ0v) is 12.2. The molecule has 0 N–H and O–H groups in total. The van der Waals surface area contributed by atoms with Crippen molar-refractivity contribution in [1.82, 2.24) is 0 Å². The fourth-order valence-corrected chi connectivity index (χ4v) is 2.81. The third-order valence-corrected chi connectivity index (χ3v) is 4.01. The molecule has 2 nitrogen and oxygen atoms in total. The smallest absolute Gasteiger partial charge is 0.391 e. The van der Waals surface area contributed by atoms with Crippen LogP contribution in [0.1, 0.15) is 36.8 Å². The highest BCUT2D eigenvalue weighted by Crippen LogP contribution is 2.40. The van der Waals surface area contributed by atoms with Gasteiger partial charge in [-0.05, 0) is 44.7 Å². The van der Waals surface area contributed by atoms with Crippen LogP contribution in [0.3, 0.4) is 0 Å². The molecule has 1 aliphatic carbocycles. The first-order valence-electron chi connectivity index (χ1n) is 7.13. The minimum Gasteiger partial charge on any atom is -0.426 e. The van der Waals surface area contributed by atoms with E-state index in [1.807, 2.05) is 26.0 Å². The van der Waals surface area contributed by atoms with E-state index in [1.165, 1.54) is 0 Å². The van der Waals surface area contributed by atoms with Crippen molar-refractivity contribution in [3.05, 3.63) is 29.3 Å². The summed E-state index contributed by atoms with van der Waals surface area (Å²) in [6.45, 7) is 3.74. The van der Waals surface area contributed by atoms with Gasteiger partial charge >= 0.3 is 12.1 Å². The second kappa shape index (κ2) is 6.08. The van der Waals surface area contributed by atoms with Crippen LogP contribution in [0.25, 0.3) is 0 Å². The van der Waals surface area contributed by atoms with Crippen LogP contribution in [0.2, 0.25) is 0 Å². The van der Waals surface area contributed by atoms with Crippen LogP contribution >= 0.6 is 0 Å². The maximum atomic E-state index is 12.8. The van der Waals surface area contributed by atoms with Gasteiger partial charge < -0.3 is 4.74 Å². The Labute approximate surface area is 122 Å². The van der Waals surface area contributed by atoms with Crippen molar-refractivity contribution >= 4 is 5.97 Å². The Balaban J connectivity index is 2.03. The van der Waals surface area contributed by atoms with Gasteiger partial charge in [0.25, 0.3) is 0 Å². The van der Waals surface area contributed by atoms with Gasteiger partial charge in [0, 0.05) is 0 Å². The molecular weight excluding hydrogens is 281 g/mol. The van der Waals surface area contributed by atoms with Gasteiger partial charge in [0.05, 0.1) is 11.8 Å². The summed E-state index contributed by atoms with van der Waals surface area (Å²) in [5, 5.41) is 0. The molecule has 0 spiro atoms. The Morgan fingerprint density at radius 1 is 1.24 bits per heavy atom. The summed E-state index contributed by atoms with van der Waals surface area (Å²) >= 11 is 0. The number of carbonyl (C=O) groups is 1. The van der Waals surface area contributed by atoms with Crippen LogP contribution in [0.5, 0.6) is 5.75 Å². The summed E-state index contributed by atoms with van der Waals surface area (Å²) in [6, 6.07) is 5.38. The molecule has 1 aromatic rings. The van der Waals surface area contributed by atoms with E-state index in [0.717, 1.165) is 11.1 Å². The van der Waals surface area contributed by atoms with Crippen LogP contribution in [-0.2, 0) is 4.79 Å². The van der Waals surface area contributed by atoms with E-state index in [1.54, 1.807) is 6.07 Å². The zero-order valence-electron chi connectivity index (χ0n) is 12.2. The van der Waals surface area contributed by atoms with Crippen molar-refractivity contribution in [2.75, 3.05) is 0 Å². The minimum atomic E-state index is -4.22. The number of benzene rings is 1. The fraction of sp³-hybridized carbons (Fsp3) is 0.562. The molecule has 1 fully saturated rings. The van der Waals surface area contributed by atoms with Crippen molar-refractivity contribution in [3.63, 3.8) is 0 Å². The molecule has 0 heterocycles. The van der Waals surface area contributed by atoms with E-state index in [0.29, 0.717) is 18.6 Å². The highest BCUT2D eigenvalue weighted by atomic mass is 19.4. The fourth-order valence-electron chi connectivity index (χ4n) is 2.81. The monoisotopic (exact) mass is 300 g/mol. The summed E-state index contributed by atoms with van der Waals surface area (Å²) in [7, 11) is 0. The molecule has 2 rings (SSSR count). The number of esters is 1. The Hall–Kier alpha value is -1.52. The van der Waals surface area contributed by atoms with Crippen molar-refractivity contribution < 1.29 is 22.7 Å². The number of halogens is 3. The van der Waals surface area contributed by atoms with Gasteiger partial charge in [-0.15, -0.1) is 0 Å². The van der Waals surface area contributed by atoms with Crippen LogP contribution < -0.4 is 4.74 Å². The largest absolute Gasteiger partial charge is 0.426 e. The van der Waals surface area contributed by atoms with E-state index >= 15 is 0 Å². The molecule has 21 heavy (non-hydrogen) atoms. The minimum absolute atomic E-state index is 0.108. The lowest BCUT2D eigenvalue weighted by atomic mass is 9.81. The highest BCUT2D eigenvalue weighted by Gasteiger charge is 2.44. The van der Waals surface area contributed by atoms with Crippen molar-refractivity contribution in [2.24, 2.45) is 11.8 Å². The van der Waals surface area contributed by atoms with E-state index in [2.05, 4.69) is 0 Å². The lowest BCUT2D eigenvalue weighted by Crippen LogP contribution is -2.33. The SMILES string of the molecule is Cc1ccc(OC(=O)C2CCCC(C(F)(F)F)C2)c(C)c1. The van der Waals surface area contributed by atoms with Gasteiger partial charge in [-0.25, -0.2) is 0 Å². The van der Waals surface area contributed by atoms with Gasteiger partial charge in [-0.1, -0.05) is 24.1 Å². The predicted octanol–water partition coefficient (Wildman–Crippen LogP) is 4.58. The molecular formula is C16H19F3O2. The number of aryl methyl sites for hydroxylation is 2. The number of carbonyl (C=O) groups excluding carboxylic acids is 1. The number of ether oxygens (including phenoxy) is 1. The lowest BCUT2D eigenvalue weighted by molar-refractivity contribution is -0.187. The normalized spacial score (nSPS) is 22.9. The second-order valence-electron chi connectivity index (χ2n) is 5.79. The second-order valence-corrected chi connectivity index (χ2v) is 5.79. The average molecular weight is 300 g/mol. The molecule has 1 saturated carbocycles. The Morgan fingerprint density at radius 2 is 1.95 bits per heavy atom. The third-order valence-electron chi connectivity index (χ3n) is 4.01.